The number of sulfonamides is 1. The first-order chi connectivity index (χ1) is 9.25. The molecular formula is C12H16BrClF2N2O2S. The molecule has 1 aromatic carbocycles. The second kappa shape index (κ2) is 6.87. The molecule has 0 aromatic heterocycles. The lowest BCUT2D eigenvalue weighted by atomic mass is 10.1. The van der Waals surface area contributed by atoms with Crippen LogP contribution in [0.15, 0.2) is 21.5 Å². The molecule has 1 aliphatic rings. The zero-order chi connectivity index (χ0) is 15.1. The van der Waals surface area contributed by atoms with Gasteiger partial charge in [0.2, 0.25) is 10.0 Å². The summed E-state index contributed by atoms with van der Waals surface area (Å²) in [5, 5.41) is 3.15. The first-order valence-corrected chi connectivity index (χ1v) is 8.38. The number of nitrogens with zero attached hydrogens (tertiary/aromatic N) is 1. The van der Waals surface area contributed by atoms with Crippen molar-refractivity contribution in [3.05, 3.63) is 28.2 Å². The number of benzene rings is 1. The van der Waals surface area contributed by atoms with Crippen LogP contribution in [0.3, 0.4) is 0 Å². The van der Waals surface area contributed by atoms with Crippen LogP contribution in [-0.2, 0) is 10.0 Å². The van der Waals surface area contributed by atoms with Gasteiger partial charge >= 0.3 is 0 Å². The van der Waals surface area contributed by atoms with Gasteiger partial charge < -0.3 is 5.32 Å². The molecule has 0 aliphatic carbocycles. The molecule has 2 rings (SSSR count). The molecule has 0 bridgehead atoms. The van der Waals surface area contributed by atoms with Crippen molar-refractivity contribution < 1.29 is 17.2 Å². The molecule has 4 nitrogen and oxygen atoms in total. The first-order valence-electron chi connectivity index (χ1n) is 6.15. The topological polar surface area (TPSA) is 49.4 Å². The van der Waals surface area contributed by atoms with Crippen molar-refractivity contribution in [2.24, 2.45) is 0 Å². The lowest BCUT2D eigenvalue weighted by molar-refractivity contribution is 0.232. The average Bonchev–Trinajstić information content (AvgIpc) is 2.36. The minimum atomic E-state index is -3.99. The van der Waals surface area contributed by atoms with E-state index >= 15 is 0 Å². The summed E-state index contributed by atoms with van der Waals surface area (Å²) in [5.74, 6) is -1.91. The number of halogens is 4. The van der Waals surface area contributed by atoms with Crippen LogP contribution in [0.1, 0.15) is 13.8 Å². The van der Waals surface area contributed by atoms with Crippen LogP contribution in [0.4, 0.5) is 8.78 Å². The standard InChI is InChI=1S/C12H15BrF2N2O2S.ClH/c1-7-8(2)17(4-3-16-7)20(18,19)12-5-9(13)10(14)6-11(12)15;/h5-8,16H,3-4H2,1-2H3;1H. The molecule has 0 amide bonds. The highest BCUT2D eigenvalue weighted by Crippen LogP contribution is 2.28. The van der Waals surface area contributed by atoms with Crippen LogP contribution >= 0.6 is 28.3 Å². The molecule has 1 saturated heterocycles. The molecule has 120 valence electrons. The van der Waals surface area contributed by atoms with Gasteiger partial charge in [0.1, 0.15) is 16.5 Å². The van der Waals surface area contributed by atoms with Gasteiger partial charge in [-0.3, -0.25) is 0 Å². The van der Waals surface area contributed by atoms with Gasteiger partial charge in [0.05, 0.1) is 4.47 Å². The lowest BCUT2D eigenvalue weighted by Gasteiger charge is -2.37. The molecule has 21 heavy (non-hydrogen) atoms. The third kappa shape index (κ3) is 3.56. The summed E-state index contributed by atoms with van der Waals surface area (Å²) in [5.41, 5.74) is 0. The fraction of sp³-hybridized carbons (Fsp3) is 0.500. The lowest BCUT2D eigenvalue weighted by Crippen LogP contribution is -2.57. The zero-order valence-electron chi connectivity index (χ0n) is 11.4. The summed E-state index contributed by atoms with van der Waals surface area (Å²) in [4.78, 5) is -0.508. The molecule has 0 radical (unpaired) electrons. The number of nitrogens with one attached hydrogen (secondary N) is 1. The van der Waals surface area contributed by atoms with Gasteiger partial charge in [-0.2, -0.15) is 4.31 Å². The van der Waals surface area contributed by atoms with E-state index in [1.165, 1.54) is 4.31 Å². The first kappa shape index (κ1) is 18.8. The summed E-state index contributed by atoms with van der Waals surface area (Å²) >= 11 is 2.89. The second-order valence-corrected chi connectivity index (χ2v) is 7.51. The monoisotopic (exact) mass is 404 g/mol. The summed E-state index contributed by atoms with van der Waals surface area (Å²) in [6.07, 6.45) is 0. The van der Waals surface area contributed by atoms with Crippen LogP contribution < -0.4 is 5.32 Å². The normalized spacial score (nSPS) is 23.7. The van der Waals surface area contributed by atoms with E-state index in [4.69, 9.17) is 0 Å². The van der Waals surface area contributed by atoms with Gasteiger partial charge in [-0.05, 0) is 35.8 Å². The molecule has 1 heterocycles. The SMILES string of the molecule is CC1NCCN(S(=O)(=O)c2cc(Br)c(F)cc2F)C1C.Cl. The van der Waals surface area contributed by atoms with Crippen molar-refractivity contribution in [3.63, 3.8) is 0 Å². The molecule has 2 unspecified atom stereocenters. The summed E-state index contributed by atoms with van der Waals surface area (Å²) in [6.45, 7) is 4.37. The van der Waals surface area contributed by atoms with Gasteiger partial charge in [-0.25, -0.2) is 17.2 Å². The molecule has 1 aliphatic heterocycles. The van der Waals surface area contributed by atoms with E-state index in [1.807, 2.05) is 6.92 Å². The summed E-state index contributed by atoms with van der Waals surface area (Å²) in [6, 6.07) is 1.20. The minimum Gasteiger partial charge on any atom is -0.311 e. The van der Waals surface area contributed by atoms with E-state index in [9.17, 15) is 17.2 Å². The quantitative estimate of drug-likeness (QED) is 0.769. The highest BCUT2D eigenvalue weighted by molar-refractivity contribution is 9.10. The third-order valence-corrected chi connectivity index (χ3v) is 6.15. The maximum absolute atomic E-state index is 13.8. The molecule has 2 atom stereocenters. The minimum absolute atomic E-state index is 0. The Hall–Kier alpha value is -0.280. The predicted molar refractivity (Wildman–Crippen MR) is 82.1 cm³/mol. The number of piperazine rings is 1. The highest BCUT2D eigenvalue weighted by atomic mass is 79.9. The maximum Gasteiger partial charge on any atom is 0.246 e. The third-order valence-electron chi connectivity index (χ3n) is 3.54. The second-order valence-electron chi connectivity index (χ2n) is 4.80. The molecule has 0 spiro atoms. The van der Waals surface area contributed by atoms with E-state index in [-0.39, 0.29) is 35.5 Å². The van der Waals surface area contributed by atoms with Crippen molar-refractivity contribution in [1.82, 2.24) is 9.62 Å². The predicted octanol–water partition coefficient (Wildman–Crippen LogP) is 2.52. The van der Waals surface area contributed by atoms with Gasteiger partial charge in [-0.1, -0.05) is 0 Å². The largest absolute Gasteiger partial charge is 0.311 e. The van der Waals surface area contributed by atoms with Crippen LogP contribution in [0.2, 0.25) is 0 Å². The Labute approximate surface area is 137 Å². The zero-order valence-corrected chi connectivity index (χ0v) is 14.7. The average molecular weight is 406 g/mol. The molecule has 1 N–H and O–H groups in total. The van der Waals surface area contributed by atoms with Crippen molar-refractivity contribution in [1.29, 1.82) is 0 Å². The van der Waals surface area contributed by atoms with E-state index in [2.05, 4.69) is 21.2 Å². The van der Waals surface area contributed by atoms with Gasteiger partial charge in [0.15, 0.2) is 0 Å². The van der Waals surface area contributed by atoms with E-state index in [0.717, 1.165) is 6.07 Å². The molecule has 1 fully saturated rings. The van der Waals surface area contributed by atoms with Crippen LogP contribution in [0.5, 0.6) is 0 Å². The van der Waals surface area contributed by atoms with Crippen molar-refractivity contribution >= 4 is 38.4 Å². The van der Waals surface area contributed by atoms with E-state index < -0.39 is 26.6 Å². The Morgan fingerprint density at radius 3 is 2.52 bits per heavy atom. The van der Waals surface area contributed by atoms with Crippen LogP contribution in [-0.4, -0.2) is 37.9 Å². The fourth-order valence-corrected chi connectivity index (χ4v) is 4.47. The van der Waals surface area contributed by atoms with Crippen LogP contribution in [0.25, 0.3) is 0 Å². The van der Waals surface area contributed by atoms with Crippen molar-refractivity contribution in [2.75, 3.05) is 13.1 Å². The van der Waals surface area contributed by atoms with Crippen LogP contribution in [0, 0.1) is 11.6 Å². The molecule has 1 aromatic rings. The Kier molecular flexibility index (Phi) is 6.14. The summed E-state index contributed by atoms with van der Waals surface area (Å²) < 4.78 is 53.3. The number of rotatable bonds is 2. The molecule has 9 heteroatoms. The Morgan fingerprint density at radius 1 is 1.29 bits per heavy atom. The molecule has 0 saturated carbocycles. The van der Waals surface area contributed by atoms with Gasteiger partial charge in [0.25, 0.3) is 0 Å². The van der Waals surface area contributed by atoms with E-state index in [0.29, 0.717) is 12.6 Å². The Bertz CT molecular complexity index is 630. The number of hydrogen-bond donors (Lipinski definition) is 1. The van der Waals surface area contributed by atoms with Gasteiger partial charge in [0, 0.05) is 31.2 Å². The number of hydrogen-bond acceptors (Lipinski definition) is 3. The fourth-order valence-electron chi connectivity index (χ4n) is 2.19. The Balaban J connectivity index is 0.00000220. The highest BCUT2D eigenvalue weighted by Gasteiger charge is 2.36. The van der Waals surface area contributed by atoms with Gasteiger partial charge in [-0.15, -0.1) is 12.4 Å². The molecular weight excluding hydrogens is 390 g/mol. The smallest absolute Gasteiger partial charge is 0.246 e. The van der Waals surface area contributed by atoms with Crippen molar-refractivity contribution in [3.8, 4) is 0 Å². The maximum atomic E-state index is 13.8. The Morgan fingerprint density at radius 2 is 1.90 bits per heavy atom. The van der Waals surface area contributed by atoms with E-state index in [1.54, 1.807) is 6.92 Å². The summed E-state index contributed by atoms with van der Waals surface area (Å²) in [7, 11) is -3.99. The van der Waals surface area contributed by atoms with Crippen molar-refractivity contribution in [2.45, 2.75) is 30.8 Å².